The van der Waals surface area contributed by atoms with Gasteiger partial charge in [-0.05, 0) is 36.0 Å². The summed E-state index contributed by atoms with van der Waals surface area (Å²) in [4.78, 5) is 11.8. The lowest BCUT2D eigenvalue weighted by atomic mass is 9.80. The number of rotatable bonds is 10. The van der Waals surface area contributed by atoms with E-state index < -0.39 is 0 Å². The van der Waals surface area contributed by atoms with E-state index in [1.54, 1.807) is 0 Å². The quantitative estimate of drug-likeness (QED) is 0.219. The SMILES string of the molecule is CCCC(CC)(Pc1ccccc1C=O)c1cc(C)cc(C(C)(C)C)c1OCc1ccccc1. The minimum Gasteiger partial charge on any atom is -0.488 e. The molecule has 2 unspecified atom stereocenters. The van der Waals surface area contributed by atoms with Crippen molar-refractivity contribution in [1.82, 2.24) is 0 Å². The molecule has 3 aromatic carbocycles. The van der Waals surface area contributed by atoms with Crippen LogP contribution in [0.5, 0.6) is 5.75 Å². The molecule has 3 heteroatoms. The number of hydrogen-bond acceptors (Lipinski definition) is 2. The lowest BCUT2D eigenvalue weighted by molar-refractivity contribution is 0.112. The average Bonchev–Trinajstić information content (AvgIpc) is 2.82. The average molecular weight is 475 g/mol. The van der Waals surface area contributed by atoms with Crippen molar-refractivity contribution in [1.29, 1.82) is 0 Å². The molecule has 0 aliphatic rings. The van der Waals surface area contributed by atoms with E-state index in [4.69, 9.17) is 4.74 Å². The highest BCUT2D eigenvalue weighted by Gasteiger charge is 2.36. The van der Waals surface area contributed by atoms with Crippen molar-refractivity contribution in [2.75, 3.05) is 0 Å². The van der Waals surface area contributed by atoms with E-state index in [1.807, 2.05) is 24.3 Å². The first kappa shape index (κ1) is 26.2. The number of hydrogen-bond donors (Lipinski definition) is 0. The second kappa shape index (κ2) is 11.3. The van der Waals surface area contributed by atoms with Crippen molar-refractivity contribution in [2.45, 2.75) is 78.0 Å². The maximum atomic E-state index is 11.8. The molecule has 3 aromatic rings. The summed E-state index contributed by atoms with van der Waals surface area (Å²) in [5.74, 6) is 1.02. The maximum Gasteiger partial charge on any atom is 0.150 e. The van der Waals surface area contributed by atoms with Crippen LogP contribution in [0.25, 0.3) is 0 Å². The fourth-order valence-corrected chi connectivity index (χ4v) is 6.54. The lowest BCUT2D eigenvalue weighted by Gasteiger charge is -2.38. The van der Waals surface area contributed by atoms with Gasteiger partial charge in [0.15, 0.2) is 6.29 Å². The molecule has 180 valence electrons. The van der Waals surface area contributed by atoms with Gasteiger partial charge >= 0.3 is 0 Å². The van der Waals surface area contributed by atoms with Gasteiger partial charge < -0.3 is 4.74 Å². The predicted octanol–water partition coefficient (Wildman–Crippen LogP) is 8.09. The Bertz CT molecular complexity index is 1100. The van der Waals surface area contributed by atoms with Gasteiger partial charge in [0.05, 0.1) is 0 Å². The van der Waals surface area contributed by atoms with Gasteiger partial charge in [0, 0.05) is 21.8 Å². The third-order valence-electron chi connectivity index (χ3n) is 6.52. The van der Waals surface area contributed by atoms with Gasteiger partial charge in [-0.1, -0.05) is 122 Å². The summed E-state index contributed by atoms with van der Waals surface area (Å²) in [5.41, 5.74) is 5.71. The Balaban J connectivity index is 2.21. The summed E-state index contributed by atoms with van der Waals surface area (Å²) in [6.07, 6.45) is 4.10. The number of aldehydes is 1. The lowest BCUT2D eigenvalue weighted by Crippen LogP contribution is -2.26. The number of aryl methyl sites for hydroxylation is 1. The number of carbonyl (C=O) groups excluding carboxylic acids is 1. The minimum absolute atomic E-state index is 0.0533. The van der Waals surface area contributed by atoms with Gasteiger partial charge in [-0.3, -0.25) is 4.79 Å². The van der Waals surface area contributed by atoms with E-state index in [2.05, 4.69) is 84.0 Å². The summed E-state index contributed by atoms with van der Waals surface area (Å²) in [6.45, 7) is 14.1. The monoisotopic (exact) mass is 474 g/mol. The van der Waals surface area contributed by atoms with Gasteiger partial charge in [0.2, 0.25) is 0 Å². The molecule has 0 spiro atoms. The normalized spacial score (nSPS) is 13.7. The Kier molecular flexibility index (Phi) is 8.72. The summed E-state index contributed by atoms with van der Waals surface area (Å²) in [5, 5.41) is 1.05. The highest BCUT2D eigenvalue weighted by atomic mass is 31.1. The number of benzene rings is 3. The molecule has 0 heterocycles. The Morgan fingerprint density at radius 1 is 0.912 bits per heavy atom. The van der Waals surface area contributed by atoms with E-state index >= 15 is 0 Å². The molecular formula is C31H39O2P. The smallest absolute Gasteiger partial charge is 0.150 e. The van der Waals surface area contributed by atoms with Crippen molar-refractivity contribution in [3.63, 3.8) is 0 Å². The molecule has 0 N–H and O–H groups in total. The second-order valence-electron chi connectivity index (χ2n) is 10.2. The van der Waals surface area contributed by atoms with Crippen LogP contribution < -0.4 is 10.0 Å². The Morgan fingerprint density at radius 3 is 2.18 bits per heavy atom. The molecular weight excluding hydrogens is 435 g/mol. The van der Waals surface area contributed by atoms with Crippen molar-refractivity contribution in [3.8, 4) is 5.75 Å². The maximum absolute atomic E-state index is 11.8. The van der Waals surface area contributed by atoms with Gasteiger partial charge in [0.1, 0.15) is 12.4 Å². The number of ether oxygens (including phenoxy) is 1. The largest absolute Gasteiger partial charge is 0.488 e. The first-order valence-corrected chi connectivity index (χ1v) is 13.4. The van der Waals surface area contributed by atoms with E-state index in [9.17, 15) is 4.79 Å². The summed E-state index contributed by atoms with van der Waals surface area (Å²) in [6, 6.07) is 23.1. The minimum atomic E-state index is -0.0914. The van der Waals surface area contributed by atoms with Crippen molar-refractivity contribution < 1.29 is 9.53 Å². The first-order chi connectivity index (χ1) is 16.2. The van der Waals surface area contributed by atoms with Gasteiger partial charge in [0.25, 0.3) is 0 Å². The molecule has 0 aromatic heterocycles. The Hall–Kier alpha value is -2.44. The van der Waals surface area contributed by atoms with Crippen LogP contribution in [0.2, 0.25) is 0 Å². The standard InChI is InChI=1S/C31H39O2P/c1-7-18-31(8-2,34-28-17-13-12-16-25(28)21-32)27-20-23(3)19-26(30(4,5)6)29(27)33-22-24-14-10-9-11-15-24/h9-17,19-21,34H,7-8,18,22H2,1-6H3. The zero-order valence-corrected chi connectivity index (χ0v) is 22.6. The molecule has 0 amide bonds. The molecule has 0 aliphatic heterocycles. The van der Waals surface area contributed by atoms with Crippen LogP contribution >= 0.6 is 8.58 Å². The molecule has 0 bridgehead atoms. The third kappa shape index (κ3) is 5.97. The van der Waals surface area contributed by atoms with Gasteiger partial charge in [-0.15, -0.1) is 0 Å². The molecule has 0 radical (unpaired) electrons. The highest BCUT2D eigenvalue weighted by Crippen LogP contribution is 2.53. The molecule has 0 saturated heterocycles. The fraction of sp³-hybridized carbons (Fsp3) is 0.387. The zero-order chi connectivity index (χ0) is 24.8. The van der Waals surface area contributed by atoms with Gasteiger partial charge in [-0.2, -0.15) is 0 Å². The molecule has 0 saturated carbocycles. The number of carbonyl (C=O) groups is 1. The predicted molar refractivity (Wildman–Crippen MR) is 147 cm³/mol. The van der Waals surface area contributed by atoms with Crippen LogP contribution in [0.1, 0.15) is 86.5 Å². The van der Waals surface area contributed by atoms with Crippen LogP contribution in [0.15, 0.2) is 66.7 Å². The fourth-order valence-electron chi connectivity index (χ4n) is 4.69. The summed E-state index contributed by atoms with van der Waals surface area (Å²) in [7, 11) is 0.488. The highest BCUT2D eigenvalue weighted by molar-refractivity contribution is 7.48. The van der Waals surface area contributed by atoms with Crippen molar-refractivity contribution in [3.05, 3.63) is 94.5 Å². The van der Waals surface area contributed by atoms with Crippen LogP contribution in [0.3, 0.4) is 0 Å². The molecule has 0 aliphatic carbocycles. The summed E-state index contributed by atoms with van der Waals surface area (Å²) < 4.78 is 6.72. The van der Waals surface area contributed by atoms with E-state index in [-0.39, 0.29) is 10.6 Å². The Morgan fingerprint density at radius 2 is 1.56 bits per heavy atom. The molecule has 2 nitrogen and oxygen atoms in total. The first-order valence-electron chi connectivity index (χ1n) is 12.4. The van der Waals surface area contributed by atoms with Gasteiger partial charge in [-0.25, -0.2) is 0 Å². The van der Waals surface area contributed by atoms with Crippen LogP contribution in [0, 0.1) is 6.92 Å². The molecule has 0 fully saturated rings. The van der Waals surface area contributed by atoms with Crippen LogP contribution in [-0.2, 0) is 17.2 Å². The molecule has 3 rings (SSSR count). The topological polar surface area (TPSA) is 26.3 Å². The second-order valence-corrected chi connectivity index (χ2v) is 12.0. The van der Waals surface area contributed by atoms with E-state index in [1.165, 1.54) is 22.3 Å². The third-order valence-corrected chi connectivity index (χ3v) is 8.60. The Labute approximate surface area is 207 Å². The van der Waals surface area contributed by atoms with Crippen molar-refractivity contribution in [2.24, 2.45) is 0 Å². The van der Waals surface area contributed by atoms with E-state index in [0.717, 1.165) is 42.2 Å². The summed E-state index contributed by atoms with van der Waals surface area (Å²) >= 11 is 0. The zero-order valence-electron chi connectivity index (χ0n) is 21.6. The molecule has 34 heavy (non-hydrogen) atoms. The van der Waals surface area contributed by atoms with Crippen LogP contribution in [-0.4, -0.2) is 6.29 Å². The van der Waals surface area contributed by atoms with Crippen LogP contribution in [0.4, 0.5) is 0 Å². The van der Waals surface area contributed by atoms with E-state index in [0.29, 0.717) is 15.2 Å². The van der Waals surface area contributed by atoms with Crippen molar-refractivity contribution >= 4 is 20.2 Å². The molecule has 2 atom stereocenters.